The third-order valence-corrected chi connectivity index (χ3v) is 3.71. The van der Waals surface area contributed by atoms with Gasteiger partial charge in [0, 0.05) is 25.5 Å². The maximum Gasteiger partial charge on any atom is 0.305 e. The van der Waals surface area contributed by atoms with E-state index in [9.17, 15) is 9.59 Å². The van der Waals surface area contributed by atoms with Crippen LogP contribution in [0.25, 0.3) is 0 Å². The molecule has 0 bridgehead atoms. The van der Waals surface area contributed by atoms with Gasteiger partial charge < -0.3 is 14.4 Å². The second kappa shape index (κ2) is 6.38. The van der Waals surface area contributed by atoms with Gasteiger partial charge in [-0.1, -0.05) is 0 Å². The molecule has 1 aromatic rings. The summed E-state index contributed by atoms with van der Waals surface area (Å²) in [6, 6.07) is 5.50. The lowest BCUT2D eigenvalue weighted by atomic mass is 10.0. The Bertz CT molecular complexity index is 580. The molecule has 0 aliphatic carbocycles. The summed E-state index contributed by atoms with van der Waals surface area (Å²) >= 11 is 0. The van der Waals surface area contributed by atoms with Gasteiger partial charge in [0.2, 0.25) is 0 Å². The van der Waals surface area contributed by atoms with Gasteiger partial charge in [-0.2, -0.15) is 0 Å². The van der Waals surface area contributed by atoms with E-state index in [-0.39, 0.29) is 23.8 Å². The fourth-order valence-electron chi connectivity index (χ4n) is 2.70. The molecule has 0 saturated carbocycles. The van der Waals surface area contributed by atoms with E-state index >= 15 is 0 Å². The van der Waals surface area contributed by atoms with Crippen molar-refractivity contribution < 1.29 is 19.1 Å². The molecule has 0 atom stereocenters. The molecular weight excluding hydrogens is 282 g/mol. The van der Waals surface area contributed by atoms with Gasteiger partial charge in [0.25, 0.3) is 0 Å². The van der Waals surface area contributed by atoms with E-state index in [1.54, 1.807) is 6.07 Å². The molecule has 120 valence electrons. The maximum absolute atomic E-state index is 12.2. The molecule has 5 nitrogen and oxygen atoms in total. The fraction of sp³-hybridized carbons (Fsp3) is 0.529. The molecule has 0 amide bonds. The zero-order valence-corrected chi connectivity index (χ0v) is 13.6. The van der Waals surface area contributed by atoms with Crippen LogP contribution in [0.3, 0.4) is 0 Å². The summed E-state index contributed by atoms with van der Waals surface area (Å²) in [5.41, 5.74) is 1.34. The van der Waals surface area contributed by atoms with E-state index in [1.807, 2.05) is 33.0 Å². The quantitative estimate of drug-likeness (QED) is 0.618. The Morgan fingerprint density at radius 2 is 2.05 bits per heavy atom. The van der Waals surface area contributed by atoms with Crippen LogP contribution >= 0.6 is 0 Å². The molecule has 2 rings (SSSR count). The monoisotopic (exact) mass is 305 g/mol. The summed E-state index contributed by atoms with van der Waals surface area (Å²) in [6.07, 6.45) is 1.11. The van der Waals surface area contributed by atoms with Crippen LogP contribution in [0.4, 0.5) is 5.69 Å². The molecule has 1 aliphatic rings. The predicted octanol–water partition coefficient (Wildman–Crippen LogP) is 2.82. The highest BCUT2D eigenvalue weighted by atomic mass is 16.5. The van der Waals surface area contributed by atoms with Crippen molar-refractivity contribution in [3.8, 4) is 5.75 Å². The number of ether oxygens (including phenoxy) is 2. The van der Waals surface area contributed by atoms with Gasteiger partial charge in [0.1, 0.15) is 11.4 Å². The number of methoxy groups -OCH3 is 1. The molecule has 0 aromatic heterocycles. The number of Topliss-reactive ketones (excluding diaryl/α,β-unsaturated/α-hetero) is 1. The normalized spacial score (nSPS) is 15.7. The Morgan fingerprint density at radius 3 is 2.73 bits per heavy atom. The van der Waals surface area contributed by atoms with E-state index in [2.05, 4.69) is 9.64 Å². The van der Waals surface area contributed by atoms with Gasteiger partial charge in [0.15, 0.2) is 5.78 Å². The van der Waals surface area contributed by atoms with Crippen LogP contribution in [0.1, 0.15) is 43.5 Å². The van der Waals surface area contributed by atoms with Gasteiger partial charge in [-0.25, -0.2) is 0 Å². The molecule has 22 heavy (non-hydrogen) atoms. The molecule has 1 aromatic carbocycles. The summed E-state index contributed by atoms with van der Waals surface area (Å²) in [6.45, 7) is 4.84. The van der Waals surface area contributed by atoms with Crippen LogP contribution in [0.15, 0.2) is 18.2 Å². The molecule has 0 fully saturated rings. The SMILES string of the molecule is COC(=O)CCCC(=O)c1ccc2c(c1)N(C)CC(C)(C)O2. The number of fused-ring (bicyclic) bond motifs is 1. The average Bonchev–Trinajstić information content (AvgIpc) is 2.45. The Balaban J connectivity index is 2.06. The topological polar surface area (TPSA) is 55.8 Å². The molecule has 1 aliphatic heterocycles. The maximum atomic E-state index is 12.2. The number of likely N-dealkylation sites (N-methyl/N-ethyl adjacent to an activating group) is 1. The lowest BCUT2D eigenvalue weighted by Crippen LogP contribution is -2.45. The molecule has 0 saturated heterocycles. The van der Waals surface area contributed by atoms with Crippen molar-refractivity contribution in [2.45, 2.75) is 38.7 Å². The minimum Gasteiger partial charge on any atom is -0.484 e. The second-order valence-electron chi connectivity index (χ2n) is 6.25. The van der Waals surface area contributed by atoms with E-state index < -0.39 is 0 Å². The molecule has 5 heteroatoms. The van der Waals surface area contributed by atoms with Crippen LogP contribution in [-0.2, 0) is 9.53 Å². The van der Waals surface area contributed by atoms with Gasteiger partial charge in [-0.3, -0.25) is 9.59 Å². The number of carbonyl (C=O) groups is 2. The van der Waals surface area contributed by atoms with Crippen LogP contribution < -0.4 is 9.64 Å². The van der Waals surface area contributed by atoms with E-state index in [4.69, 9.17) is 4.74 Å². The van der Waals surface area contributed by atoms with Crippen LogP contribution in [0.2, 0.25) is 0 Å². The highest BCUT2D eigenvalue weighted by Crippen LogP contribution is 2.36. The number of nitrogens with zero attached hydrogens (tertiary/aromatic N) is 1. The first kappa shape index (κ1) is 16.3. The summed E-state index contributed by atoms with van der Waals surface area (Å²) < 4.78 is 10.5. The molecule has 1 heterocycles. The van der Waals surface area contributed by atoms with Gasteiger partial charge in [0.05, 0.1) is 19.3 Å². The van der Waals surface area contributed by atoms with Crippen molar-refractivity contribution in [2.24, 2.45) is 0 Å². The zero-order valence-electron chi connectivity index (χ0n) is 13.6. The van der Waals surface area contributed by atoms with Crippen molar-refractivity contribution in [1.29, 1.82) is 0 Å². The first-order chi connectivity index (χ1) is 10.3. The van der Waals surface area contributed by atoms with Gasteiger partial charge >= 0.3 is 5.97 Å². The second-order valence-corrected chi connectivity index (χ2v) is 6.25. The third-order valence-electron chi connectivity index (χ3n) is 3.71. The number of anilines is 1. The molecular formula is C17H23NO4. The predicted molar refractivity (Wildman–Crippen MR) is 84.6 cm³/mol. The highest BCUT2D eigenvalue weighted by Gasteiger charge is 2.30. The average molecular weight is 305 g/mol. The Morgan fingerprint density at radius 1 is 1.32 bits per heavy atom. The molecule has 0 N–H and O–H groups in total. The Kier molecular flexibility index (Phi) is 4.74. The summed E-state index contributed by atoms with van der Waals surface area (Å²) in [5.74, 6) is 0.545. The smallest absolute Gasteiger partial charge is 0.305 e. The highest BCUT2D eigenvalue weighted by molar-refractivity contribution is 5.97. The lowest BCUT2D eigenvalue weighted by Gasteiger charge is -2.39. The Hall–Kier alpha value is -2.04. The zero-order chi connectivity index (χ0) is 16.3. The number of rotatable bonds is 5. The summed E-state index contributed by atoms with van der Waals surface area (Å²) in [4.78, 5) is 25.4. The molecule has 0 spiro atoms. The van der Waals surface area contributed by atoms with Crippen molar-refractivity contribution >= 4 is 17.4 Å². The van der Waals surface area contributed by atoms with Crippen molar-refractivity contribution in [1.82, 2.24) is 0 Å². The van der Waals surface area contributed by atoms with E-state index in [1.165, 1.54) is 7.11 Å². The van der Waals surface area contributed by atoms with Crippen molar-refractivity contribution in [2.75, 3.05) is 25.6 Å². The standard InChI is InChI=1S/C17H23NO4/c1-17(2)11-18(3)13-10-12(8-9-15(13)22-17)14(19)6-5-7-16(20)21-4/h8-10H,5-7,11H2,1-4H3. The number of hydrogen-bond donors (Lipinski definition) is 0. The van der Waals surface area contributed by atoms with Crippen LogP contribution in [-0.4, -0.2) is 38.1 Å². The van der Waals surface area contributed by atoms with Crippen LogP contribution in [0, 0.1) is 0 Å². The number of hydrogen-bond acceptors (Lipinski definition) is 5. The molecule has 0 unspecified atom stereocenters. The minimum atomic E-state index is -0.284. The van der Waals surface area contributed by atoms with E-state index in [0.29, 0.717) is 18.4 Å². The first-order valence-corrected chi connectivity index (χ1v) is 7.46. The first-order valence-electron chi connectivity index (χ1n) is 7.46. The minimum absolute atomic E-state index is 0.0323. The summed E-state index contributed by atoms with van der Waals surface area (Å²) in [7, 11) is 3.35. The van der Waals surface area contributed by atoms with E-state index in [0.717, 1.165) is 18.0 Å². The Labute approximate surface area is 131 Å². The third kappa shape index (κ3) is 3.78. The van der Waals surface area contributed by atoms with Crippen LogP contribution in [0.5, 0.6) is 5.75 Å². The fourth-order valence-corrected chi connectivity index (χ4v) is 2.70. The largest absolute Gasteiger partial charge is 0.484 e. The number of ketones is 1. The van der Waals surface area contributed by atoms with Gasteiger partial charge in [-0.05, 0) is 38.5 Å². The number of carbonyl (C=O) groups excluding carboxylic acids is 2. The number of benzene rings is 1. The lowest BCUT2D eigenvalue weighted by molar-refractivity contribution is -0.140. The van der Waals surface area contributed by atoms with Gasteiger partial charge in [-0.15, -0.1) is 0 Å². The number of esters is 1. The molecule has 0 radical (unpaired) electrons. The summed E-state index contributed by atoms with van der Waals surface area (Å²) in [5, 5.41) is 0. The van der Waals surface area contributed by atoms with Crippen molar-refractivity contribution in [3.63, 3.8) is 0 Å². The van der Waals surface area contributed by atoms with Crippen molar-refractivity contribution in [3.05, 3.63) is 23.8 Å².